The fraction of sp³-hybridized carbons (Fsp3) is 0.111. The molecule has 0 saturated carbocycles. The van der Waals surface area contributed by atoms with E-state index in [1.165, 1.54) is 31.4 Å². The molecule has 132 valence electrons. The number of halogens is 1. The standard InChI is InChI=1S/C18H14ClN3O4/c1-11-14(19)4-3-5-15(11)21-18(23)13(10-20)8-12-6-7-17(26-2)16(9-12)22(24)25/h3-9H,1-2H3,(H,21,23)/b13-8+. The molecule has 2 aromatic carbocycles. The Morgan fingerprint density at radius 2 is 2.12 bits per heavy atom. The molecular formula is C18H14ClN3O4. The lowest BCUT2D eigenvalue weighted by molar-refractivity contribution is -0.385. The van der Waals surface area contributed by atoms with E-state index in [1.807, 2.05) is 0 Å². The summed E-state index contributed by atoms with van der Waals surface area (Å²) in [6.07, 6.45) is 1.27. The molecule has 0 bridgehead atoms. The molecule has 0 atom stereocenters. The first kappa shape index (κ1) is 19.0. The average Bonchev–Trinajstić information content (AvgIpc) is 2.63. The van der Waals surface area contributed by atoms with Crippen molar-refractivity contribution in [3.8, 4) is 11.8 Å². The van der Waals surface area contributed by atoms with Gasteiger partial charge in [-0.3, -0.25) is 14.9 Å². The van der Waals surface area contributed by atoms with E-state index in [2.05, 4.69) is 5.32 Å². The van der Waals surface area contributed by atoms with E-state index in [1.54, 1.807) is 31.2 Å². The van der Waals surface area contributed by atoms with Crippen molar-refractivity contribution >= 4 is 35.0 Å². The van der Waals surface area contributed by atoms with Gasteiger partial charge < -0.3 is 10.1 Å². The number of nitriles is 1. The number of anilines is 1. The Bertz CT molecular complexity index is 948. The second-order valence-electron chi connectivity index (χ2n) is 5.22. The van der Waals surface area contributed by atoms with E-state index in [9.17, 15) is 20.2 Å². The molecule has 0 aliphatic heterocycles. The number of carbonyl (C=O) groups excluding carboxylic acids is 1. The van der Waals surface area contributed by atoms with Crippen LogP contribution < -0.4 is 10.1 Å². The fourth-order valence-corrected chi connectivity index (χ4v) is 2.36. The van der Waals surface area contributed by atoms with Crippen LogP contribution in [0, 0.1) is 28.4 Å². The number of hydrogen-bond donors (Lipinski definition) is 1. The maximum atomic E-state index is 12.3. The van der Waals surface area contributed by atoms with E-state index in [-0.39, 0.29) is 17.0 Å². The second-order valence-corrected chi connectivity index (χ2v) is 5.63. The van der Waals surface area contributed by atoms with Crippen LogP contribution in [0.3, 0.4) is 0 Å². The SMILES string of the molecule is COc1ccc(/C=C(\C#N)C(=O)Nc2cccc(Cl)c2C)cc1[N+](=O)[O-]. The van der Waals surface area contributed by atoms with Crippen molar-refractivity contribution in [1.29, 1.82) is 5.26 Å². The minimum Gasteiger partial charge on any atom is -0.490 e. The zero-order valence-electron chi connectivity index (χ0n) is 13.9. The summed E-state index contributed by atoms with van der Waals surface area (Å²) in [6.45, 7) is 1.74. The van der Waals surface area contributed by atoms with E-state index < -0.39 is 10.8 Å². The van der Waals surface area contributed by atoms with Gasteiger partial charge in [0.1, 0.15) is 11.6 Å². The Morgan fingerprint density at radius 3 is 2.73 bits per heavy atom. The predicted molar refractivity (Wildman–Crippen MR) is 98.1 cm³/mol. The summed E-state index contributed by atoms with van der Waals surface area (Å²) >= 11 is 6.01. The Morgan fingerprint density at radius 1 is 1.38 bits per heavy atom. The Kier molecular flexibility index (Phi) is 5.94. The van der Waals surface area contributed by atoms with Crippen LogP contribution in [0.25, 0.3) is 6.08 Å². The van der Waals surface area contributed by atoms with Crippen molar-refractivity contribution in [2.45, 2.75) is 6.92 Å². The van der Waals surface area contributed by atoms with Crippen molar-refractivity contribution in [3.05, 3.63) is 68.2 Å². The number of methoxy groups -OCH3 is 1. The third kappa shape index (κ3) is 4.18. The Hall–Kier alpha value is -3.37. The average molecular weight is 372 g/mol. The number of ether oxygens (including phenoxy) is 1. The lowest BCUT2D eigenvalue weighted by Crippen LogP contribution is -2.14. The number of nitro groups is 1. The van der Waals surface area contributed by atoms with Crippen molar-refractivity contribution in [3.63, 3.8) is 0 Å². The number of benzene rings is 2. The van der Waals surface area contributed by atoms with Crippen LogP contribution in [0.5, 0.6) is 5.75 Å². The van der Waals surface area contributed by atoms with Gasteiger partial charge in [-0.1, -0.05) is 23.7 Å². The lowest BCUT2D eigenvalue weighted by atomic mass is 10.1. The summed E-state index contributed by atoms with van der Waals surface area (Å²) in [4.78, 5) is 22.8. The van der Waals surface area contributed by atoms with Crippen LogP contribution in [0.15, 0.2) is 42.0 Å². The monoisotopic (exact) mass is 371 g/mol. The van der Waals surface area contributed by atoms with Crippen LogP contribution in [-0.2, 0) is 4.79 Å². The number of amides is 1. The molecule has 0 aliphatic rings. The molecule has 7 nitrogen and oxygen atoms in total. The van der Waals surface area contributed by atoms with Gasteiger partial charge in [-0.05, 0) is 42.3 Å². The van der Waals surface area contributed by atoms with Gasteiger partial charge in [-0.25, -0.2) is 0 Å². The van der Waals surface area contributed by atoms with Gasteiger partial charge in [0.05, 0.1) is 12.0 Å². The van der Waals surface area contributed by atoms with Gasteiger partial charge in [0, 0.05) is 16.8 Å². The summed E-state index contributed by atoms with van der Waals surface area (Å²) in [5.74, 6) is -0.555. The highest BCUT2D eigenvalue weighted by atomic mass is 35.5. The minimum atomic E-state index is -0.642. The van der Waals surface area contributed by atoms with Gasteiger partial charge >= 0.3 is 5.69 Å². The van der Waals surface area contributed by atoms with Crippen molar-refractivity contribution in [2.24, 2.45) is 0 Å². The number of nitrogens with one attached hydrogen (secondary N) is 1. The summed E-state index contributed by atoms with van der Waals surface area (Å²) in [7, 11) is 1.32. The first-order chi connectivity index (χ1) is 12.4. The van der Waals surface area contributed by atoms with Crippen LogP contribution >= 0.6 is 11.6 Å². The van der Waals surface area contributed by atoms with Crippen LogP contribution in [0.2, 0.25) is 5.02 Å². The Balaban J connectivity index is 2.34. The molecule has 0 aromatic heterocycles. The lowest BCUT2D eigenvalue weighted by Gasteiger charge is -2.09. The predicted octanol–water partition coefficient (Wildman–Crippen LogP) is 4.11. The van der Waals surface area contributed by atoms with Crippen LogP contribution in [0.1, 0.15) is 11.1 Å². The Labute approximate surface area is 154 Å². The highest BCUT2D eigenvalue weighted by molar-refractivity contribution is 6.31. The fourth-order valence-electron chi connectivity index (χ4n) is 2.19. The topological polar surface area (TPSA) is 105 Å². The molecule has 1 N–H and O–H groups in total. The molecule has 0 fully saturated rings. The number of carbonyl (C=O) groups is 1. The molecule has 1 amide bonds. The van der Waals surface area contributed by atoms with Gasteiger partial charge in [0.25, 0.3) is 5.91 Å². The van der Waals surface area contributed by atoms with Gasteiger partial charge in [-0.2, -0.15) is 5.26 Å². The molecule has 0 aliphatic carbocycles. The number of nitrogens with zero attached hydrogens (tertiary/aromatic N) is 2. The minimum absolute atomic E-state index is 0.0876. The summed E-state index contributed by atoms with van der Waals surface area (Å²) in [5.41, 5.74) is 1.00. The van der Waals surface area contributed by atoms with Gasteiger partial charge in [-0.15, -0.1) is 0 Å². The molecule has 0 radical (unpaired) electrons. The maximum Gasteiger partial charge on any atom is 0.311 e. The highest BCUT2D eigenvalue weighted by Gasteiger charge is 2.16. The maximum absolute atomic E-state index is 12.3. The third-order valence-electron chi connectivity index (χ3n) is 3.59. The molecule has 8 heteroatoms. The zero-order valence-corrected chi connectivity index (χ0v) is 14.7. The molecule has 0 unspecified atom stereocenters. The van der Waals surface area contributed by atoms with E-state index in [0.29, 0.717) is 21.8 Å². The molecule has 0 saturated heterocycles. The summed E-state index contributed by atoms with van der Waals surface area (Å²) in [5, 5.41) is 23.4. The summed E-state index contributed by atoms with van der Waals surface area (Å²) in [6, 6.07) is 11.0. The first-order valence-electron chi connectivity index (χ1n) is 7.38. The highest BCUT2D eigenvalue weighted by Crippen LogP contribution is 2.28. The van der Waals surface area contributed by atoms with Crippen molar-refractivity contribution in [1.82, 2.24) is 0 Å². The van der Waals surface area contributed by atoms with Crippen molar-refractivity contribution in [2.75, 3.05) is 12.4 Å². The van der Waals surface area contributed by atoms with Crippen LogP contribution in [0.4, 0.5) is 11.4 Å². The third-order valence-corrected chi connectivity index (χ3v) is 4.00. The molecule has 2 aromatic rings. The molecule has 0 heterocycles. The molecule has 2 rings (SSSR count). The van der Waals surface area contributed by atoms with Crippen LogP contribution in [-0.4, -0.2) is 17.9 Å². The van der Waals surface area contributed by atoms with E-state index >= 15 is 0 Å². The first-order valence-corrected chi connectivity index (χ1v) is 7.76. The van der Waals surface area contributed by atoms with E-state index in [4.69, 9.17) is 16.3 Å². The second kappa shape index (κ2) is 8.14. The smallest absolute Gasteiger partial charge is 0.311 e. The number of nitro benzene ring substituents is 1. The zero-order chi connectivity index (χ0) is 19.3. The molecule has 26 heavy (non-hydrogen) atoms. The van der Waals surface area contributed by atoms with Crippen molar-refractivity contribution < 1.29 is 14.5 Å². The molecule has 0 spiro atoms. The quantitative estimate of drug-likeness (QED) is 0.368. The number of rotatable bonds is 5. The largest absolute Gasteiger partial charge is 0.490 e. The van der Waals surface area contributed by atoms with E-state index in [0.717, 1.165) is 0 Å². The molecular weight excluding hydrogens is 358 g/mol. The summed E-state index contributed by atoms with van der Waals surface area (Å²) < 4.78 is 4.92. The normalized spacial score (nSPS) is 10.8. The number of hydrogen-bond acceptors (Lipinski definition) is 5. The van der Waals surface area contributed by atoms with Gasteiger partial charge in [0.2, 0.25) is 0 Å². The van der Waals surface area contributed by atoms with Gasteiger partial charge in [0.15, 0.2) is 5.75 Å².